The van der Waals surface area contributed by atoms with Crippen LogP contribution in [0.2, 0.25) is 0 Å². The van der Waals surface area contributed by atoms with Crippen LogP contribution < -0.4 is 4.74 Å². The second-order valence-electron chi connectivity index (χ2n) is 3.19. The lowest BCUT2D eigenvalue weighted by atomic mass is 10.3. The van der Waals surface area contributed by atoms with Gasteiger partial charge in [-0.15, -0.1) is 11.3 Å². The lowest BCUT2D eigenvalue weighted by Crippen LogP contribution is -1.93. The molecule has 0 saturated heterocycles. The molecular weight excluding hydrogens is 274 g/mol. The van der Waals surface area contributed by atoms with Crippen molar-refractivity contribution in [3.63, 3.8) is 0 Å². The molecular formula is C11H10BrNOS. The summed E-state index contributed by atoms with van der Waals surface area (Å²) in [6, 6.07) is 4.04. The minimum Gasteiger partial charge on any atom is -0.487 e. The summed E-state index contributed by atoms with van der Waals surface area (Å²) in [5.74, 6) is 0.785. The number of nitrogens with zero attached hydrogens (tertiary/aromatic N) is 1. The van der Waals surface area contributed by atoms with Gasteiger partial charge in [0.2, 0.25) is 0 Å². The third-order valence-electron chi connectivity index (χ3n) is 1.87. The predicted molar refractivity (Wildman–Crippen MR) is 65.3 cm³/mol. The van der Waals surface area contributed by atoms with Crippen LogP contribution >= 0.6 is 27.3 Å². The summed E-state index contributed by atoms with van der Waals surface area (Å²) in [4.78, 5) is 5.34. The van der Waals surface area contributed by atoms with E-state index in [-0.39, 0.29) is 0 Å². The number of halogens is 1. The largest absolute Gasteiger partial charge is 0.487 e. The molecule has 2 aromatic rings. The zero-order chi connectivity index (χ0) is 10.7. The molecule has 2 heterocycles. The van der Waals surface area contributed by atoms with Crippen LogP contribution in [0.25, 0.3) is 0 Å². The van der Waals surface area contributed by atoms with E-state index < -0.39 is 0 Å². The highest BCUT2D eigenvalue weighted by atomic mass is 79.9. The molecule has 78 valence electrons. The van der Waals surface area contributed by atoms with Crippen molar-refractivity contribution in [3.05, 3.63) is 44.8 Å². The number of hydrogen-bond donors (Lipinski definition) is 0. The molecule has 4 heteroatoms. The molecule has 0 saturated carbocycles. The van der Waals surface area contributed by atoms with Crippen LogP contribution in [-0.2, 0) is 6.61 Å². The molecule has 2 aromatic heterocycles. The first kappa shape index (κ1) is 10.6. The third-order valence-corrected chi connectivity index (χ3v) is 3.21. The molecule has 0 spiro atoms. The average molecular weight is 284 g/mol. The molecule has 0 unspecified atom stereocenters. The van der Waals surface area contributed by atoms with Crippen LogP contribution in [0.5, 0.6) is 5.75 Å². The molecule has 15 heavy (non-hydrogen) atoms. The molecule has 0 bridgehead atoms. The summed E-state index contributed by atoms with van der Waals surface area (Å²) >= 11 is 5.09. The molecule has 0 aliphatic carbocycles. The van der Waals surface area contributed by atoms with Crippen LogP contribution in [0.4, 0.5) is 0 Å². The summed E-state index contributed by atoms with van der Waals surface area (Å²) in [6.07, 6.45) is 3.45. The fourth-order valence-electron chi connectivity index (χ4n) is 1.21. The number of aromatic nitrogens is 1. The van der Waals surface area contributed by atoms with Gasteiger partial charge in [-0.25, -0.2) is 0 Å². The monoisotopic (exact) mass is 283 g/mol. The molecule has 0 radical (unpaired) electrons. The summed E-state index contributed by atoms with van der Waals surface area (Å²) in [7, 11) is 0. The van der Waals surface area contributed by atoms with Crippen LogP contribution in [0.15, 0.2) is 34.4 Å². The number of thiophene rings is 1. The van der Waals surface area contributed by atoms with Gasteiger partial charge in [-0.2, -0.15) is 0 Å². The quantitative estimate of drug-likeness (QED) is 0.855. The van der Waals surface area contributed by atoms with Crippen molar-refractivity contribution >= 4 is 27.3 Å². The van der Waals surface area contributed by atoms with Crippen molar-refractivity contribution in [1.82, 2.24) is 4.98 Å². The van der Waals surface area contributed by atoms with Gasteiger partial charge in [0.1, 0.15) is 12.4 Å². The summed E-state index contributed by atoms with van der Waals surface area (Å²) < 4.78 is 6.53. The third kappa shape index (κ3) is 3.04. The number of pyridine rings is 1. The van der Waals surface area contributed by atoms with Gasteiger partial charge in [0.25, 0.3) is 0 Å². The summed E-state index contributed by atoms with van der Waals surface area (Å²) in [6.45, 7) is 2.69. The Morgan fingerprint density at radius 1 is 1.40 bits per heavy atom. The Hall–Kier alpha value is -0.870. The molecule has 0 fully saturated rings. The topological polar surface area (TPSA) is 22.1 Å². The van der Waals surface area contributed by atoms with Crippen molar-refractivity contribution in [2.24, 2.45) is 0 Å². The first-order chi connectivity index (χ1) is 7.24. The van der Waals surface area contributed by atoms with Gasteiger partial charge in [-0.3, -0.25) is 4.98 Å². The molecule has 0 aliphatic rings. The van der Waals surface area contributed by atoms with Crippen molar-refractivity contribution in [1.29, 1.82) is 0 Å². The number of aryl methyl sites for hydroxylation is 1. The van der Waals surface area contributed by atoms with Crippen molar-refractivity contribution in [3.8, 4) is 5.75 Å². The van der Waals surface area contributed by atoms with Crippen molar-refractivity contribution in [2.75, 3.05) is 0 Å². The van der Waals surface area contributed by atoms with Gasteiger partial charge in [0.05, 0.1) is 6.20 Å². The van der Waals surface area contributed by atoms with Gasteiger partial charge >= 0.3 is 0 Å². The van der Waals surface area contributed by atoms with Gasteiger partial charge in [-0.05, 0) is 40.4 Å². The Bertz CT molecular complexity index is 455. The first-order valence-corrected chi connectivity index (χ1v) is 6.18. The van der Waals surface area contributed by atoms with Gasteiger partial charge in [0, 0.05) is 21.1 Å². The van der Waals surface area contributed by atoms with Gasteiger partial charge < -0.3 is 4.74 Å². The van der Waals surface area contributed by atoms with Crippen LogP contribution in [-0.4, -0.2) is 4.98 Å². The highest BCUT2D eigenvalue weighted by Crippen LogP contribution is 2.19. The predicted octanol–water partition coefficient (Wildman–Crippen LogP) is 3.79. The molecule has 2 nitrogen and oxygen atoms in total. The lowest BCUT2D eigenvalue weighted by Gasteiger charge is -2.03. The van der Waals surface area contributed by atoms with Crippen LogP contribution in [0, 0.1) is 6.92 Å². The smallest absolute Gasteiger partial charge is 0.139 e. The van der Waals surface area contributed by atoms with Crippen LogP contribution in [0.1, 0.15) is 10.4 Å². The Morgan fingerprint density at radius 3 is 2.93 bits per heavy atom. The fourth-order valence-corrected chi connectivity index (χ4v) is 2.25. The Kier molecular flexibility index (Phi) is 3.38. The summed E-state index contributed by atoms with van der Waals surface area (Å²) in [5, 5.41) is 2.11. The Morgan fingerprint density at radius 2 is 2.27 bits per heavy atom. The minimum atomic E-state index is 0.600. The Balaban J connectivity index is 1.99. The first-order valence-electron chi connectivity index (χ1n) is 4.51. The summed E-state index contributed by atoms with van der Waals surface area (Å²) in [5.41, 5.74) is 1.21. The van der Waals surface area contributed by atoms with Gasteiger partial charge in [-0.1, -0.05) is 0 Å². The van der Waals surface area contributed by atoms with E-state index in [1.807, 2.05) is 6.07 Å². The second-order valence-corrected chi connectivity index (χ2v) is 5.22. The van der Waals surface area contributed by atoms with E-state index in [0.29, 0.717) is 6.61 Å². The van der Waals surface area contributed by atoms with Gasteiger partial charge in [0.15, 0.2) is 0 Å². The van der Waals surface area contributed by atoms with Crippen molar-refractivity contribution in [2.45, 2.75) is 13.5 Å². The molecule has 0 atom stereocenters. The minimum absolute atomic E-state index is 0.600. The van der Waals surface area contributed by atoms with E-state index in [1.165, 1.54) is 10.4 Å². The maximum absolute atomic E-state index is 5.60. The number of hydrogen-bond acceptors (Lipinski definition) is 3. The molecule has 0 aromatic carbocycles. The highest BCUT2D eigenvalue weighted by molar-refractivity contribution is 9.10. The normalized spacial score (nSPS) is 10.3. The van der Waals surface area contributed by atoms with Crippen LogP contribution in [0.3, 0.4) is 0 Å². The molecule has 0 N–H and O–H groups in total. The highest BCUT2D eigenvalue weighted by Gasteiger charge is 1.99. The number of rotatable bonds is 3. The van der Waals surface area contributed by atoms with E-state index in [0.717, 1.165) is 10.2 Å². The fraction of sp³-hybridized carbons (Fsp3) is 0.182. The number of ether oxygens (including phenoxy) is 1. The zero-order valence-electron chi connectivity index (χ0n) is 8.24. The van der Waals surface area contributed by atoms with E-state index in [9.17, 15) is 0 Å². The lowest BCUT2D eigenvalue weighted by molar-refractivity contribution is 0.305. The van der Waals surface area contributed by atoms with E-state index in [2.05, 4.69) is 39.3 Å². The molecule has 0 aliphatic heterocycles. The Labute approximate surface area is 101 Å². The SMILES string of the molecule is Cc1cc(COc2cncc(Br)c2)cs1. The maximum Gasteiger partial charge on any atom is 0.139 e. The van der Waals surface area contributed by atoms with E-state index in [1.54, 1.807) is 23.7 Å². The zero-order valence-corrected chi connectivity index (χ0v) is 10.6. The standard InChI is InChI=1S/C11H10BrNOS/c1-8-2-9(7-15-8)6-14-11-3-10(12)4-13-5-11/h2-5,7H,6H2,1H3. The van der Waals surface area contributed by atoms with E-state index >= 15 is 0 Å². The van der Waals surface area contributed by atoms with Crippen molar-refractivity contribution < 1.29 is 4.74 Å². The van der Waals surface area contributed by atoms with E-state index in [4.69, 9.17) is 4.74 Å². The maximum atomic E-state index is 5.60. The molecule has 0 amide bonds. The molecule has 2 rings (SSSR count). The average Bonchev–Trinajstić information content (AvgIpc) is 2.62. The second kappa shape index (κ2) is 4.77.